The highest BCUT2D eigenvalue weighted by atomic mass is 16.1. The monoisotopic (exact) mass is 203 g/mol. The van der Waals surface area contributed by atoms with Crippen LogP contribution >= 0.6 is 0 Å². The third-order valence-electron chi connectivity index (χ3n) is 3.60. The zero-order valence-electron chi connectivity index (χ0n) is 9.74. The first-order chi connectivity index (χ1) is 6.96. The van der Waals surface area contributed by atoms with Crippen LogP contribution in [0.5, 0.6) is 0 Å². The number of nitrogens with zero attached hydrogens (tertiary/aromatic N) is 1. The van der Waals surface area contributed by atoms with Crippen molar-refractivity contribution in [3.05, 3.63) is 29.8 Å². The number of ketones is 1. The molecule has 1 aliphatic rings. The Balaban J connectivity index is 2.62. The number of carbonyl (C=O) groups excluding carboxylic acids is 1. The summed E-state index contributed by atoms with van der Waals surface area (Å²) in [6, 6.07) is 8.15. The topological polar surface area (TPSA) is 20.3 Å². The molecule has 1 unspecified atom stereocenters. The van der Waals surface area contributed by atoms with Crippen LogP contribution in [0, 0.1) is 0 Å². The number of Topliss-reactive ketones (excluding diaryl/α,β-unsaturated/α-hetero) is 1. The molecule has 2 heteroatoms. The van der Waals surface area contributed by atoms with Gasteiger partial charge in [-0.3, -0.25) is 4.79 Å². The van der Waals surface area contributed by atoms with Gasteiger partial charge in [-0.2, -0.15) is 0 Å². The third kappa shape index (κ3) is 1.28. The second-order valence-electron chi connectivity index (χ2n) is 4.76. The molecule has 0 amide bonds. The molecule has 1 aliphatic heterocycles. The number of likely N-dealkylation sites (N-methyl/N-ethyl adjacent to an activating group) is 1. The van der Waals surface area contributed by atoms with Gasteiger partial charge in [-0.05, 0) is 25.5 Å². The summed E-state index contributed by atoms with van der Waals surface area (Å²) in [5.41, 5.74) is 1.92. The van der Waals surface area contributed by atoms with Gasteiger partial charge in [0.2, 0.25) is 0 Å². The quantitative estimate of drug-likeness (QED) is 0.646. The van der Waals surface area contributed by atoms with Crippen LogP contribution in [0.25, 0.3) is 0 Å². The van der Waals surface area contributed by atoms with E-state index in [9.17, 15) is 4.79 Å². The number of fused-ring (bicyclic) bond motifs is 1. The van der Waals surface area contributed by atoms with Crippen LogP contribution in [0.3, 0.4) is 0 Å². The van der Waals surface area contributed by atoms with Crippen LogP contribution in [0.2, 0.25) is 0 Å². The Hall–Kier alpha value is -1.31. The number of benzene rings is 1. The maximum absolute atomic E-state index is 12.2. The maximum atomic E-state index is 12.2. The Morgan fingerprint density at radius 3 is 2.53 bits per heavy atom. The Morgan fingerprint density at radius 2 is 1.87 bits per heavy atom. The minimum absolute atomic E-state index is 0.00685. The van der Waals surface area contributed by atoms with Crippen LogP contribution in [-0.2, 0) is 4.79 Å². The molecule has 0 aliphatic carbocycles. The second kappa shape index (κ2) is 3.09. The van der Waals surface area contributed by atoms with Crippen molar-refractivity contribution in [2.45, 2.75) is 32.2 Å². The molecule has 0 aromatic heterocycles. The molecule has 0 N–H and O–H groups in total. The fraction of sp³-hybridized carbons (Fsp3) is 0.462. The lowest BCUT2D eigenvalue weighted by Crippen LogP contribution is -2.53. The summed E-state index contributed by atoms with van der Waals surface area (Å²) in [6.07, 6.45) is 0. The zero-order valence-corrected chi connectivity index (χ0v) is 9.74. The Kier molecular flexibility index (Phi) is 2.10. The van der Waals surface area contributed by atoms with Gasteiger partial charge in [0.1, 0.15) is 0 Å². The normalized spacial score (nSPS) is 23.9. The van der Waals surface area contributed by atoms with E-state index >= 15 is 0 Å². The highest BCUT2D eigenvalue weighted by Crippen LogP contribution is 2.39. The largest absolute Gasteiger partial charge is 0.362 e. The number of rotatable bonds is 0. The van der Waals surface area contributed by atoms with E-state index in [1.165, 1.54) is 5.69 Å². The van der Waals surface area contributed by atoms with E-state index < -0.39 is 5.54 Å². The number of para-hydroxylation sites is 1. The summed E-state index contributed by atoms with van der Waals surface area (Å²) in [6.45, 7) is 5.97. The van der Waals surface area contributed by atoms with Gasteiger partial charge >= 0.3 is 0 Å². The van der Waals surface area contributed by atoms with Crippen molar-refractivity contribution in [2.75, 3.05) is 11.9 Å². The SMILES string of the molecule is CC1C(=O)C(C)(C)N(C)c2ccccc21. The smallest absolute Gasteiger partial charge is 0.164 e. The van der Waals surface area contributed by atoms with E-state index in [0.717, 1.165) is 5.56 Å². The van der Waals surface area contributed by atoms with E-state index in [2.05, 4.69) is 11.0 Å². The predicted octanol–water partition coefficient (Wildman–Crippen LogP) is 2.59. The molecule has 0 saturated heterocycles. The van der Waals surface area contributed by atoms with Crippen molar-refractivity contribution in [3.8, 4) is 0 Å². The molecular formula is C13H17NO. The van der Waals surface area contributed by atoms with Crippen LogP contribution in [0.4, 0.5) is 5.69 Å². The summed E-state index contributed by atoms with van der Waals surface area (Å²) in [4.78, 5) is 14.3. The molecule has 1 aromatic rings. The summed E-state index contributed by atoms with van der Waals surface area (Å²) < 4.78 is 0. The van der Waals surface area contributed by atoms with Gasteiger partial charge in [0, 0.05) is 18.7 Å². The van der Waals surface area contributed by atoms with Crippen molar-refractivity contribution < 1.29 is 4.79 Å². The minimum atomic E-state index is -0.395. The van der Waals surface area contributed by atoms with E-state index in [-0.39, 0.29) is 5.92 Å². The second-order valence-corrected chi connectivity index (χ2v) is 4.76. The van der Waals surface area contributed by atoms with Gasteiger partial charge in [-0.25, -0.2) is 0 Å². The first-order valence-electron chi connectivity index (χ1n) is 5.33. The van der Waals surface area contributed by atoms with Gasteiger partial charge in [0.25, 0.3) is 0 Å². The zero-order chi connectivity index (χ0) is 11.2. The van der Waals surface area contributed by atoms with E-state index in [1.54, 1.807) is 0 Å². The predicted molar refractivity (Wildman–Crippen MR) is 62.3 cm³/mol. The highest BCUT2D eigenvalue weighted by molar-refractivity contribution is 6.00. The van der Waals surface area contributed by atoms with Gasteiger partial charge in [0.05, 0.1) is 5.54 Å². The van der Waals surface area contributed by atoms with E-state index in [4.69, 9.17) is 0 Å². The number of carbonyl (C=O) groups is 1. The van der Waals surface area contributed by atoms with Crippen LogP contribution in [0.15, 0.2) is 24.3 Å². The molecule has 0 radical (unpaired) electrons. The molecule has 0 fully saturated rings. The van der Waals surface area contributed by atoms with Gasteiger partial charge < -0.3 is 4.90 Å². The van der Waals surface area contributed by atoms with Crippen LogP contribution in [0.1, 0.15) is 32.3 Å². The lowest BCUT2D eigenvalue weighted by atomic mass is 9.79. The molecule has 0 bridgehead atoms. The first kappa shape index (κ1) is 10.2. The summed E-state index contributed by atoms with van der Waals surface area (Å²) in [5, 5.41) is 0. The third-order valence-corrected chi connectivity index (χ3v) is 3.60. The van der Waals surface area contributed by atoms with Crippen molar-refractivity contribution in [1.82, 2.24) is 0 Å². The number of hydrogen-bond acceptors (Lipinski definition) is 2. The van der Waals surface area contributed by atoms with Crippen molar-refractivity contribution in [2.24, 2.45) is 0 Å². The fourth-order valence-electron chi connectivity index (χ4n) is 2.30. The fourth-order valence-corrected chi connectivity index (χ4v) is 2.30. The Bertz CT molecular complexity index is 409. The van der Waals surface area contributed by atoms with Gasteiger partial charge in [-0.15, -0.1) is 0 Å². The summed E-state index contributed by atoms with van der Waals surface area (Å²) >= 11 is 0. The summed E-state index contributed by atoms with van der Waals surface area (Å²) in [7, 11) is 1.99. The lowest BCUT2D eigenvalue weighted by molar-refractivity contribution is -0.124. The van der Waals surface area contributed by atoms with Crippen molar-refractivity contribution in [3.63, 3.8) is 0 Å². The lowest BCUT2D eigenvalue weighted by Gasteiger charge is -2.43. The molecule has 15 heavy (non-hydrogen) atoms. The molecular weight excluding hydrogens is 186 g/mol. The number of hydrogen-bond donors (Lipinski definition) is 0. The minimum Gasteiger partial charge on any atom is -0.362 e. The highest BCUT2D eigenvalue weighted by Gasteiger charge is 2.41. The average molecular weight is 203 g/mol. The molecule has 0 saturated carbocycles. The molecule has 2 rings (SSSR count). The number of anilines is 1. The Labute approximate surface area is 90.9 Å². The Morgan fingerprint density at radius 1 is 1.27 bits per heavy atom. The van der Waals surface area contributed by atoms with Crippen molar-refractivity contribution in [1.29, 1.82) is 0 Å². The molecule has 1 aromatic carbocycles. The van der Waals surface area contributed by atoms with Gasteiger partial charge in [-0.1, -0.05) is 25.1 Å². The standard InChI is InChI=1S/C13H17NO/c1-9-10-7-5-6-8-11(10)14(4)13(2,3)12(9)15/h5-9H,1-4H3. The molecule has 1 atom stereocenters. The summed E-state index contributed by atoms with van der Waals surface area (Å²) in [5.74, 6) is 0.302. The van der Waals surface area contributed by atoms with Crippen LogP contribution < -0.4 is 4.90 Å². The van der Waals surface area contributed by atoms with E-state index in [0.29, 0.717) is 5.78 Å². The maximum Gasteiger partial charge on any atom is 0.164 e. The molecule has 80 valence electrons. The average Bonchev–Trinajstić information content (AvgIpc) is 2.24. The molecule has 0 spiro atoms. The van der Waals surface area contributed by atoms with Gasteiger partial charge in [0.15, 0.2) is 5.78 Å². The molecule has 1 heterocycles. The molecule has 2 nitrogen and oxygen atoms in total. The van der Waals surface area contributed by atoms with Crippen LogP contribution in [-0.4, -0.2) is 18.4 Å². The first-order valence-corrected chi connectivity index (χ1v) is 5.33. The van der Waals surface area contributed by atoms with E-state index in [1.807, 2.05) is 46.0 Å². The van der Waals surface area contributed by atoms with Crippen molar-refractivity contribution >= 4 is 11.5 Å².